The molecule has 1 aliphatic heterocycles. The second kappa shape index (κ2) is 10.2. The van der Waals surface area contributed by atoms with Gasteiger partial charge in [0.05, 0.1) is 12.1 Å². The van der Waals surface area contributed by atoms with Gasteiger partial charge in [-0.3, -0.25) is 0 Å². The average molecular weight is 420 g/mol. The number of aromatic nitrogens is 4. The van der Waals surface area contributed by atoms with Crippen LogP contribution in [0.15, 0.2) is 42.5 Å². The second-order valence-electron chi connectivity index (χ2n) is 7.38. The van der Waals surface area contributed by atoms with Crippen molar-refractivity contribution < 1.29 is 18.7 Å². The molecule has 0 bridgehead atoms. The van der Waals surface area contributed by atoms with Crippen molar-refractivity contribution in [2.45, 2.75) is 50.2 Å². The Morgan fingerprint density at radius 2 is 2.10 bits per heavy atom. The van der Waals surface area contributed by atoms with Gasteiger partial charge in [0, 0.05) is 38.8 Å². The van der Waals surface area contributed by atoms with Gasteiger partial charge in [0.25, 0.3) is 0 Å². The van der Waals surface area contributed by atoms with Crippen molar-refractivity contribution in [1.82, 2.24) is 30.8 Å². The van der Waals surface area contributed by atoms with Crippen LogP contribution in [0.1, 0.15) is 30.7 Å². The molecule has 2 aromatic rings. The number of aliphatic hydroxyl groups excluding tert-OH is 1. The van der Waals surface area contributed by atoms with Crippen molar-refractivity contribution in [2.75, 3.05) is 13.1 Å². The summed E-state index contributed by atoms with van der Waals surface area (Å²) in [5.41, 5.74) is 0.993. The summed E-state index contributed by atoms with van der Waals surface area (Å²) in [6.07, 6.45) is 2.88. The van der Waals surface area contributed by atoms with E-state index >= 15 is 0 Å². The third-order valence-corrected chi connectivity index (χ3v) is 5.02. The molecule has 1 saturated heterocycles. The summed E-state index contributed by atoms with van der Waals surface area (Å²) >= 11 is 0. The van der Waals surface area contributed by atoms with Gasteiger partial charge >= 0.3 is 6.03 Å². The van der Waals surface area contributed by atoms with E-state index in [-0.39, 0.29) is 31.5 Å². The first-order valence-electron chi connectivity index (χ1n) is 9.98. The largest absolute Gasteiger partial charge is 0.389 e. The molecule has 0 aliphatic carbocycles. The molecule has 2 amide bonds. The van der Waals surface area contributed by atoms with E-state index in [4.69, 9.17) is 0 Å². The van der Waals surface area contributed by atoms with E-state index in [2.05, 4.69) is 25.9 Å². The summed E-state index contributed by atoms with van der Waals surface area (Å²) in [7, 11) is 0. The lowest BCUT2D eigenvalue weighted by Crippen LogP contribution is -2.37. The van der Waals surface area contributed by atoms with E-state index < -0.39 is 18.4 Å². The lowest BCUT2D eigenvalue weighted by molar-refractivity contribution is -0.0230. The minimum Gasteiger partial charge on any atom is -0.389 e. The lowest BCUT2D eigenvalue weighted by atomic mass is 10.1. The summed E-state index contributed by atoms with van der Waals surface area (Å²) < 4.78 is 28.5. The topological polar surface area (TPSA) is 107 Å². The number of hydrogen-bond acceptors (Lipinski definition) is 5. The fourth-order valence-corrected chi connectivity index (χ4v) is 3.38. The number of tetrazole rings is 1. The van der Waals surface area contributed by atoms with Crippen LogP contribution in [0.3, 0.4) is 0 Å². The molecule has 3 N–H and O–H groups in total. The number of aromatic amines is 1. The van der Waals surface area contributed by atoms with E-state index in [1.807, 2.05) is 30.3 Å². The number of carbonyl (C=O) groups is 1. The summed E-state index contributed by atoms with van der Waals surface area (Å²) in [4.78, 5) is 13.4. The van der Waals surface area contributed by atoms with Crippen molar-refractivity contribution in [3.8, 4) is 0 Å². The van der Waals surface area contributed by atoms with Gasteiger partial charge in [-0.2, -0.15) is 5.21 Å². The third-order valence-electron chi connectivity index (χ3n) is 5.02. The molecule has 1 aliphatic rings. The number of H-pyrrole nitrogens is 1. The van der Waals surface area contributed by atoms with Crippen LogP contribution in [0.25, 0.3) is 0 Å². The van der Waals surface area contributed by atoms with E-state index in [1.54, 1.807) is 12.2 Å². The Kier molecular flexibility index (Phi) is 7.45. The van der Waals surface area contributed by atoms with Crippen molar-refractivity contribution in [2.24, 2.45) is 0 Å². The molecule has 0 spiro atoms. The first-order chi connectivity index (χ1) is 14.4. The molecule has 10 heteroatoms. The first-order valence-corrected chi connectivity index (χ1v) is 9.98. The smallest absolute Gasteiger partial charge is 0.318 e. The lowest BCUT2D eigenvalue weighted by Gasteiger charge is -2.24. The highest BCUT2D eigenvalue weighted by molar-refractivity contribution is 5.77. The van der Waals surface area contributed by atoms with E-state index in [1.165, 1.54) is 4.90 Å². The summed E-state index contributed by atoms with van der Waals surface area (Å²) in [6, 6.07) is 8.81. The van der Waals surface area contributed by atoms with E-state index in [0.29, 0.717) is 25.2 Å². The van der Waals surface area contributed by atoms with Crippen LogP contribution in [0.4, 0.5) is 13.6 Å². The highest BCUT2D eigenvalue weighted by atomic mass is 19.3. The minimum atomic E-state index is -2.90. The number of aliphatic hydroxyl groups is 1. The quantitative estimate of drug-likeness (QED) is 0.483. The number of halogens is 2. The fraction of sp³-hybridized carbons (Fsp3) is 0.500. The number of hydrogen-bond donors (Lipinski definition) is 3. The van der Waals surface area contributed by atoms with Crippen LogP contribution in [0.2, 0.25) is 0 Å². The van der Waals surface area contributed by atoms with Gasteiger partial charge in [-0.15, -0.1) is 10.2 Å². The molecule has 1 aromatic heterocycles. The Labute approximate surface area is 173 Å². The molecule has 2 heterocycles. The minimum absolute atomic E-state index is 0.0647. The maximum absolute atomic E-state index is 14.2. The van der Waals surface area contributed by atoms with Gasteiger partial charge in [-0.25, -0.2) is 13.6 Å². The molecule has 30 heavy (non-hydrogen) atoms. The van der Waals surface area contributed by atoms with E-state index in [0.717, 1.165) is 5.56 Å². The molecule has 1 fully saturated rings. The Bertz CT molecular complexity index is 816. The Morgan fingerprint density at radius 1 is 1.30 bits per heavy atom. The maximum atomic E-state index is 14.2. The molecule has 3 rings (SSSR count). The number of rotatable bonds is 11. The van der Waals surface area contributed by atoms with Gasteiger partial charge in [0.2, 0.25) is 5.92 Å². The number of aryl methyl sites for hydroxylation is 1. The molecule has 2 atom stereocenters. The van der Waals surface area contributed by atoms with Crippen LogP contribution < -0.4 is 5.32 Å². The van der Waals surface area contributed by atoms with Gasteiger partial charge in [-0.1, -0.05) is 47.7 Å². The molecular formula is C20H26F2N6O2. The average Bonchev–Trinajstić information content (AvgIpc) is 3.35. The molecule has 0 radical (unpaired) electrons. The summed E-state index contributed by atoms with van der Waals surface area (Å²) in [6.45, 7) is 0.265. The Morgan fingerprint density at radius 3 is 2.83 bits per heavy atom. The monoisotopic (exact) mass is 420 g/mol. The molecule has 0 saturated carbocycles. The third kappa shape index (κ3) is 6.58. The molecule has 162 valence electrons. The number of nitrogens with one attached hydrogen (secondary N) is 2. The number of nitrogens with zero attached hydrogens (tertiary/aromatic N) is 4. The van der Waals surface area contributed by atoms with Crippen molar-refractivity contribution >= 4 is 6.03 Å². The summed E-state index contributed by atoms with van der Waals surface area (Å²) in [5, 5.41) is 26.0. The van der Waals surface area contributed by atoms with Crippen molar-refractivity contribution in [1.29, 1.82) is 0 Å². The van der Waals surface area contributed by atoms with Crippen molar-refractivity contribution in [3.63, 3.8) is 0 Å². The normalized spacial score (nSPS) is 18.2. The van der Waals surface area contributed by atoms with Crippen LogP contribution in [-0.4, -0.2) is 67.8 Å². The Hall–Kier alpha value is -2.88. The second-order valence-corrected chi connectivity index (χ2v) is 7.38. The van der Waals surface area contributed by atoms with Crippen LogP contribution >= 0.6 is 0 Å². The van der Waals surface area contributed by atoms with Crippen LogP contribution in [-0.2, 0) is 12.8 Å². The van der Waals surface area contributed by atoms with Crippen LogP contribution in [0.5, 0.6) is 0 Å². The first kappa shape index (κ1) is 21.8. The van der Waals surface area contributed by atoms with Gasteiger partial charge in [0.1, 0.15) is 0 Å². The molecule has 1 unspecified atom stereocenters. The molecule has 1 aromatic carbocycles. The highest BCUT2D eigenvalue weighted by Crippen LogP contribution is 2.26. The Balaban J connectivity index is 1.46. The number of alkyl halides is 2. The zero-order chi connectivity index (χ0) is 21.4. The predicted molar refractivity (Wildman–Crippen MR) is 106 cm³/mol. The van der Waals surface area contributed by atoms with Crippen LogP contribution in [0, 0.1) is 0 Å². The SMILES string of the molecule is O=C1NC[C@H](C=CC(O)Cc2ccccc2)N1CCC(F)(F)CCCc1nn[nH]n1. The molecular weight excluding hydrogens is 394 g/mol. The zero-order valence-corrected chi connectivity index (χ0v) is 16.5. The fourth-order valence-electron chi connectivity index (χ4n) is 3.38. The predicted octanol–water partition coefficient (Wildman–Crippen LogP) is 2.10. The standard InChI is InChI=1S/C20H26F2N6O2/c21-20(22,10-4-7-18-24-26-27-25-18)11-12-28-16(14-23-19(28)30)8-9-17(29)13-15-5-2-1-3-6-15/h1-3,5-6,8-9,16-17,29H,4,7,10-14H2,(H,23,30)(H,24,25,26,27)/t16-,17?/m0/s1. The number of carbonyl (C=O) groups excluding carboxylic acids is 1. The number of amides is 2. The zero-order valence-electron chi connectivity index (χ0n) is 16.5. The van der Waals surface area contributed by atoms with Gasteiger partial charge < -0.3 is 15.3 Å². The number of urea groups is 1. The molecule has 8 nitrogen and oxygen atoms in total. The number of benzene rings is 1. The van der Waals surface area contributed by atoms with Gasteiger partial charge in [0.15, 0.2) is 5.82 Å². The van der Waals surface area contributed by atoms with Crippen molar-refractivity contribution in [3.05, 3.63) is 53.9 Å². The van der Waals surface area contributed by atoms with Gasteiger partial charge in [-0.05, 0) is 12.0 Å². The maximum Gasteiger partial charge on any atom is 0.318 e. The summed E-state index contributed by atoms with van der Waals surface area (Å²) in [5.74, 6) is -2.49. The van der Waals surface area contributed by atoms with E-state index in [9.17, 15) is 18.7 Å². The highest BCUT2D eigenvalue weighted by Gasteiger charge is 2.34.